The van der Waals surface area contributed by atoms with E-state index >= 15 is 0 Å². The Labute approximate surface area is 281 Å². The smallest absolute Gasteiger partial charge is 0.462 e. The van der Waals surface area contributed by atoms with Gasteiger partial charge in [-0.15, -0.1) is 0 Å². The van der Waals surface area contributed by atoms with E-state index in [1.165, 1.54) is 64.2 Å². The van der Waals surface area contributed by atoms with E-state index in [4.69, 9.17) is 19.3 Å². The van der Waals surface area contributed by atoms with E-state index in [1.54, 1.807) is 0 Å². The number of allylic oxidation sites excluding steroid dienone is 6. The Kier molecular flexibility index (Phi) is 31.9. The van der Waals surface area contributed by atoms with Crippen LogP contribution in [0.3, 0.4) is 0 Å². The molecule has 0 aliphatic rings. The average molecular weight is 671 g/mol. The fourth-order valence-electron chi connectivity index (χ4n) is 4.87. The van der Waals surface area contributed by atoms with Crippen LogP contribution in [0.15, 0.2) is 36.5 Å². The van der Waals surface area contributed by atoms with E-state index in [-0.39, 0.29) is 19.4 Å². The zero-order chi connectivity index (χ0) is 34.0. The number of phosphoric ester groups is 1. The molecule has 0 heterocycles. The highest BCUT2D eigenvalue weighted by Crippen LogP contribution is 2.36. The van der Waals surface area contributed by atoms with E-state index in [9.17, 15) is 14.2 Å². The summed E-state index contributed by atoms with van der Waals surface area (Å²) in [6.45, 7) is 3.61. The molecule has 0 bridgehead atoms. The first-order valence-electron chi connectivity index (χ1n) is 18.3. The molecule has 9 heteroatoms. The van der Waals surface area contributed by atoms with Gasteiger partial charge in [0.05, 0.1) is 6.61 Å². The SMILES string of the molecule is CCCCC/C=C/C/C=C/CCCCCCCC(=O)OC[C@H](COP(=O)(O)O)OC(=O)CCCCC/C=C/CCCCCCCC. The second-order valence-electron chi connectivity index (χ2n) is 12.2. The number of rotatable bonds is 33. The standard InChI is InChI=1S/C37H67O8P/c1-3-5-7-9-11-13-15-17-18-20-21-23-25-27-29-31-36(38)43-33-35(34-44-46(40,41)42)45-37(39)32-30-28-26-24-22-19-16-14-12-10-8-6-4-2/h11,13,17-19,22,35H,3-10,12,14-16,20-21,23-34H2,1-2H3,(H2,40,41,42)/b13-11+,18-17+,22-19+/t35-/m1/s1. The minimum Gasteiger partial charge on any atom is -0.462 e. The van der Waals surface area contributed by atoms with Crippen molar-refractivity contribution >= 4 is 19.8 Å². The number of carbonyl (C=O) groups is 2. The van der Waals surface area contributed by atoms with Gasteiger partial charge in [0.25, 0.3) is 0 Å². The number of hydrogen-bond acceptors (Lipinski definition) is 6. The molecule has 0 unspecified atom stereocenters. The number of hydrogen-bond donors (Lipinski definition) is 2. The molecular formula is C37H67O8P. The lowest BCUT2D eigenvalue weighted by Crippen LogP contribution is -2.29. The molecule has 0 spiro atoms. The molecule has 0 aliphatic carbocycles. The fraction of sp³-hybridized carbons (Fsp3) is 0.784. The van der Waals surface area contributed by atoms with Crippen molar-refractivity contribution in [1.29, 1.82) is 0 Å². The van der Waals surface area contributed by atoms with Gasteiger partial charge < -0.3 is 19.3 Å². The number of esters is 2. The number of phosphoric acid groups is 1. The van der Waals surface area contributed by atoms with Gasteiger partial charge in [-0.25, -0.2) is 4.57 Å². The number of carbonyl (C=O) groups excluding carboxylic acids is 2. The maximum atomic E-state index is 12.3. The van der Waals surface area contributed by atoms with Crippen molar-refractivity contribution in [2.75, 3.05) is 13.2 Å². The van der Waals surface area contributed by atoms with Crippen LogP contribution in [0, 0.1) is 0 Å². The molecule has 0 aromatic rings. The predicted molar refractivity (Wildman–Crippen MR) is 188 cm³/mol. The molecule has 46 heavy (non-hydrogen) atoms. The molecule has 0 radical (unpaired) electrons. The van der Waals surface area contributed by atoms with E-state index in [2.05, 4.69) is 54.8 Å². The molecular weight excluding hydrogens is 603 g/mol. The van der Waals surface area contributed by atoms with Gasteiger partial charge in [0, 0.05) is 12.8 Å². The third kappa shape index (κ3) is 35.1. The van der Waals surface area contributed by atoms with E-state index < -0.39 is 32.5 Å². The first-order chi connectivity index (χ1) is 22.3. The third-order valence-corrected chi connectivity index (χ3v) is 8.12. The number of ether oxygens (including phenoxy) is 2. The highest BCUT2D eigenvalue weighted by molar-refractivity contribution is 7.46. The fourth-order valence-corrected chi connectivity index (χ4v) is 5.23. The van der Waals surface area contributed by atoms with E-state index in [0.29, 0.717) is 12.8 Å². The van der Waals surface area contributed by atoms with Crippen molar-refractivity contribution in [2.24, 2.45) is 0 Å². The molecule has 0 aromatic heterocycles. The molecule has 0 aromatic carbocycles. The zero-order valence-electron chi connectivity index (χ0n) is 29.2. The van der Waals surface area contributed by atoms with Crippen molar-refractivity contribution < 1.29 is 37.9 Å². The Morgan fingerprint density at radius 3 is 1.52 bits per heavy atom. The Morgan fingerprint density at radius 2 is 0.978 bits per heavy atom. The molecule has 8 nitrogen and oxygen atoms in total. The highest BCUT2D eigenvalue weighted by Gasteiger charge is 2.22. The molecule has 1 atom stereocenters. The monoisotopic (exact) mass is 670 g/mol. The van der Waals surface area contributed by atoms with Crippen molar-refractivity contribution in [3.63, 3.8) is 0 Å². The second-order valence-corrected chi connectivity index (χ2v) is 13.4. The highest BCUT2D eigenvalue weighted by atomic mass is 31.2. The van der Waals surface area contributed by atoms with Gasteiger partial charge in [-0.05, 0) is 70.6 Å². The Hall–Kier alpha value is -1.73. The normalized spacial score (nSPS) is 12.9. The average Bonchev–Trinajstić information content (AvgIpc) is 3.02. The first-order valence-corrected chi connectivity index (χ1v) is 19.8. The molecule has 2 N–H and O–H groups in total. The maximum Gasteiger partial charge on any atom is 0.469 e. The Morgan fingerprint density at radius 1 is 0.565 bits per heavy atom. The molecule has 268 valence electrons. The van der Waals surface area contributed by atoms with Gasteiger partial charge in [0.1, 0.15) is 6.61 Å². The van der Waals surface area contributed by atoms with Crippen LogP contribution < -0.4 is 0 Å². The van der Waals surface area contributed by atoms with Gasteiger partial charge in [-0.2, -0.15) is 0 Å². The number of unbranched alkanes of at least 4 members (excludes halogenated alkanes) is 17. The topological polar surface area (TPSA) is 119 Å². The van der Waals surface area contributed by atoms with Crippen LogP contribution in [0.25, 0.3) is 0 Å². The molecule has 0 rings (SSSR count). The van der Waals surface area contributed by atoms with Crippen LogP contribution >= 0.6 is 7.82 Å². The summed E-state index contributed by atoms with van der Waals surface area (Å²) in [6.07, 6.45) is 37.2. The van der Waals surface area contributed by atoms with Gasteiger partial charge >= 0.3 is 19.8 Å². The lowest BCUT2D eigenvalue weighted by molar-refractivity contribution is -0.161. The van der Waals surface area contributed by atoms with Crippen LogP contribution in [0.4, 0.5) is 0 Å². The third-order valence-electron chi connectivity index (χ3n) is 7.63. The lowest BCUT2D eigenvalue weighted by Gasteiger charge is -2.18. The quantitative estimate of drug-likeness (QED) is 0.0306. The van der Waals surface area contributed by atoms with Crippen molar-refractivity contribution in [3.8, 4) is 0 Å². The van der Waals surface area contributed by atoms with Crippen LogP contribution in [0.2, 0.25) is 0 Å². The molecule has 0 saturated heterocycles. The second kappa shape index (κ2) is 33.2. The molecule has 0 aliphatic heterocycles. The van der Waals surface area contributed by atoms with E-state index in [1.807, 2.05) is 0 Å². The summed E-state index contributed by atoms with van der Waals surface area (Å²) in [5.41, 5.74) is 0. The van der Waals surface area contributed by atoms with Gasteiger partial charge in [-0.1, -0.05) is 121 Å². The van der Waals surface area contributed by atoms with E-state index in [0.717, 1.165) is 64.2 Å². The zero-order valence-corrected chi connectivity index (χ0v) is 30.1. The first kappa shape index (κ1) is 44.3. The van der Waals surface area contributed by atoms with Crippen molar-refractivity contribution in [1.82, 2.24) is 0 Å². The summed E-state index contributed by atoms with van der Waals surface area (Å²) < 4.78 is 26.2. The largest absolute Gasteiger partial charge is 0.469 e. The molecule has 0 amide bonds. The Balaban J connectivity index is 4.03. The van der Waals surface area contributed by atoms with Gasteiger partial charge in [-0.3, -0.25) is 14.1 Å². The predicted octanol–water partition coefficient (Wildman–Crippen LogP) is 10.6. The summed E-state index contributed by atoms with van der Waals surface area (Å²) in [5.74, 6) is -0.921. The van der Waals surface area contributed by atoms with Crippen LogP contribution in [0.1, 0.15) is 168 Å². The van der Waals surface area contributed by atoms with Crippen molar-refractivity contribution in [2.45, 2.75) is 174 Å². The van der Waals surface area contributed by atoms with Crippen LogP contribution in [-0.2, 0) is 28.2 Å². The summed E-state index contributed by atoms with van der Waals surface area (Å²) in [4.78, 5) is 42.6. The summed E-state index contributed by atoms with van der Waals surface area (Å²) in [6, 6.07) is 0. The van der Waals surface area contributed by atoms with Crippen LogP contribution in [-0.4, -0.2) is 41.0 Å². The van der Waals surface area contributed by atoms with Gasteiger partial charge in [0.15, 0.2) is 6.10 Å². The Bertz CT molecular complexity index is 848. The minimum absolute atomic E-state index is 0.188. The molecule has 0 saturated carbocycles. The van der Waals surface area contributed by atoms with Crippen molar-refractivity contribution in [3.05, 3.63) is 36.5 Å². The summed E-state index contributed by atoms with van der Waals surface area (Å²) >= 11 is 0. The lowest BCUT2D eigenvalue weighted by atomic mass is 10.1. The van der Waals surface area contributed by atoms with Crippen LogP contribution in [0.5, 0.6) is 0 Å². The minimum atomic E-state index is -4.75. The summed E-state index contributed by atoms with van der Waals surface area (Å²) in [5, 5.41) is 0. The van der Waals surface area contributed by atoms with Gasteiger partial charge in [0.2, 0.25) is 0 Å². The summed E-state index contributed by atoms with van der Waals surface area (Å²) in [7, 11) is -4.75. The molecule has 0 fully saturated rings. The maximum absolute atomic E-state index is 12.3.